The van der Waals surface area contributed by atoms with E-state index in [4.69, 9.17) is 16.6 Å². The maximum Gasteiger partial charge on any atom is 0.255 e. The predicted octanol–water partition coefficient (Wildman–Crippen LogP) is 2.34. The van der Waals surface area contributed by atoms with Gasteiger partial charge in [0.25, 0.3) is 5.69 Å². The normalized spacial score (nSPS) is 17.8. The number of hydrogen-bond donors (Lipinski definition) is 0. The van der Waals surface area contributed by atoms with Crippen LogP contribution in [0.3, 0.4) is 0 Å². The van der Waals surface area contributed by atoms with Crippen molar-refractivity contribution in [1.29, 1.82) is 0 Å². The zero-order valence-corrected chi connectivity index (χ0v) is 14.9. The Bertz CT molecular complexity index is 807. The summed E-state index contributed by atoms with van der Waals surface area (Å²) >= 11 is 6.22. The van der Waals surface area contributed by atoms with Crippen LogP contribution in [0, 0.1) is 0 Å². The van der Waals surface area contributed by atoms with Crippen LogP contribution in [0.4, 0.5) is 0 Å². The van der Waals surface area contributed by atoms with Gasteiger partial charge in [0.2, 0.25) is 0 Å². The van der Waals surface area contributed by atoms with Crippen LogP contribution in [0.25, 0.3) is 11.1 Å². The van der Waals surface area contributed by atoms with Gasteiger partial charge in [0.15, 0.2) is 12.0 Å². The highest BCUT2D eigenvalue weighted by Gasteiger charge is 2.30. The molecule has 0 radical (unpaired) electrons. The molecule has 24 heavy (non-hydrogen) atoms. The number of likely N-dealkylation sites (N-methyl/N-ethyl adjacent to an activating group) is 1. The fraction of sp³-hybridized carbons (Fsp3) is 0.368. The van der Waals surface area contributed by atoms with Crippen LogP contribution in [0.5, 0.6) is 0 Å². The summed E-state index contributed by atoms with van der Waals surface area (Å²) in [4.78, 5) is 9.79. The second-order valence-corrected chi connectivity index (χ2v) is 7.05. The zero-order valence-electron chi connectivity index (χ0n) is 14.2. The highest BCUT2D eigenvalue weighted by atomic mass is 35.5. The molecule has 0 bridgehead atoms. The van der Waals surface area contributed by atoms with Gasteiger partial charge in [0.1, 0.15) is 7.05 Å². The summed E-state index contributed by atoms with van der Waals surface area (Å²) in [5.74, 6) is 1.11. The van der Waals surface area contributed by atoms with E-state index in [0.29, 0.717) is 6.54 Å². The van der Waals surface area contributed by atoms with Crippen LogP contribution >= 0.6 is 11.6 Å². The van der Waals surface area contributed by atoms with E-state index in [1.54, 1.807) is 0 Å². The summed E-state index contributed by atoms with van der Waals surface area (Å²) in [5.41, 5.74) is 4.86. The molecule has 2 aromatic rings. The molecule has 1 aromatic carbocycles. The molecule has 0 saturated carbocycles. The molecule has 2 aliphatic heterocycles. The third kappa shape index (κ3) is 2.70. The summed E-state index contributed by atoms with van der Waals surface area (Å²) in [7, 11) is 4.28. The van der Waals surface area contributed by atoms with Gasteiger partial charge in [0.05, 0.1) is 12.1 Å². The average Bonchev–Trinajstić information content (AvgIpc) is 2.73. The van der Waals surface area contributed by atoms with Crippen molar-refractivity contribution in [2.45, 2.75) is 6.54 Å². The van der Waals surface area contributed by atoms with Crippen LogP contribution in [0.1, 0.15) is 11.3 Å². The van der Waals surface area contributed by atoms with E-state index in [9.17, 15) is 0 Å². The van der Waals surface area contributed by atoms with Crippen LogP contribution in [-0.2, 0) is 13.6 Å². The Morgan fingerprint density at radius 1 is 1.08 bits per heavy atom. The fourth-order valence-corrected chi connectivity index (χ4v) is 3.76. The third-order valence-corrected chi connectivity index (χ3v) is 5.19. The van der Waals surface area contributed by atoms with Gasteiger partial charge < -0.3 is 9.80 Å². The first kappa shape index (κ1) is 15.6. The number of hydrogen-bond acceptors (Lipinski definition) is 3. The molecule has 0 spiro atoms. The van der Waals surface area contributed by atoms with Crippen molar-refractivity contribution in [2.24, 2.45) is 12.0 Å². The monoisotopic (exact) mass is 341 g/mol. The van der Waals surface area contributed by atoms with E-state index in [2.05, 4.69) is 52.9 Å². The molecular weight excluding hydrogens is 320 g/mol. The number of amidine groups is 1. The van der Waals surface area contributed by atoms with Crippen LogP contribution in [0.15, 0.2) is 41.5 Å². The molecule has 3 heterocycles. The summed E-state index contributed by atoms with van der Waals surface area (Å²) in [6.07, 6.45) is 2.10. The van der Waals surface area contributed by atoms with Gasteiger partial charge >= 0.3 is 0 Å². The Labute approximate surface area is 148 Å². The number of fused-ring (bicyclic) bond motifs is 3. The largest absolute Gasteiger partial charge is 0.349 e. The molecule has 124 valence electrons. The number of aromatic nitrogens is 1. The SMILES string of the molecule is CN1CCN(C2=NCc3cc(Cl)ccc3-c3ccc[n+](C)c32)CC1. The second kappa shape index (κ2) is 6.19. The highest BCUT2D eigenvalue weighted by molar-refractivity contribution is 6.30. The van der Waals surface area contributed by atoms with Crippen molar-refractivity contribution < 1.29 is 4.57 Å². The minimum atomic E-state index is 0.673. The van der Waals surface area contributed by atoms with Crippen molar-refractivity contribution in [3.8, 4) is 11.1 Å². The summed E-state index contributed by atoms with van der Waals surface area (Å²) < 4.78 is 2.19. The Morgan fingerprint density at radius 3 is 2.67 bits per heavy atom. The number of pyridine rings is 1. The maximum atomic E-state index is 6.22. The molecule has 4 nitrogen and oxygen atoms in total. The number of benzene rings is 1. The highest BCUT2D eigenvalue weighted by Crippen LogP contribution is 2.32. The van der Waals surface area contributed by atoms with Gasteiger partial charge in [-0.05, 0) is 36.4 Å². The van der Waals surface area contributed by atoms with E-state index in [1.807, 2.05) is 12.1 Å². The van der Waals surface area contributed by atoms with Crippen molar-refractivity contribution in [2.75, 3.05) is 33.2 Å². The Kier molecular flexibility index (Phi) is 4.02. The van der Waals surface area contributed by atoms with Crippen molar-refractivity contribution in [1.82, 2.24) is 9.80 Å². The lowest BCUT2D eigenvalue weighted by Crippen LogP contribution is -2.50. The Morgan fingerprint density at radius 2 is 1.88 bits per heavy atom. The van der Waals surface area contributed by atoms with E-state index in [0.717, 1.165) is 37.0 Å². The smallest absolute Gasteiger partial charge is 0.255 e. The lowest BCUT2D eigenvalue weighted by Gasteiger charge is -2.33. The van der Waals surface area contributed by atoms with Crippen molar-refractivity contribution in [3.05, 3.63) is 52.8 Å². The van der Waals surface area contributed by atoms with Gasteiger partial charge in [-0.3, -0.25) is 4.99 Å². The minimum absolute atomic E-state index is 0.673. The molecule has 0 atom stereocenters. The van der Waals surface area contributed by atoms with Gasteiger partial charge in [-0.25, -0.2) is 0 Å². The maximum absolute atomic E-state index is 6.22. The number of piperazine rings is 1. The standard InChI is InChI=1S/C19H22ClN4/c1-22-8-10-24(11-9-22)19-18-17(4-3-7-23(18)2)16-6-5-15(20)12-14(16)13-21-19/h3-7,12H,8-11,13H2,1-2H3/q+1. The number of aryl methyl sites for hydroxylation is 1. The van der Waals surface area contributed by atoms with Gasteiger partial charge in [0, 0.05) is 37.3 Å². The lowest BCUT2D eigenvalue weighted by molar-refractivity contribution is -0.672. The molecule has 0 amide bonds. The van der Waals surface area contributed by atoms with Crippen molar-refractivity contribution >= 4 is 17.4 Å². The summed E-state index contributed by atoms with van der Waals surface area (Å²) in [6.45, 7) is 4.85. The molecule has 1 aromatic heterocycles. The van der Waals surface area contributed by atoms with E-state index in [-0.39, 0.29) is 0 Å². The van der Waals surface area contributed by atoms with E-state index >= 15 is 0 Å². The van der Waals surface area contributed by atoms with E-state index < -0.39 is 0 Å². The molecule has 1 saturated heterocycles. The molecule has 0 N–H and O–H groups in total. The first-order valence-electron chi connectivity index (χ1n) is 8.39. The van der Waals surface area contributed by atoms with Crippen LogP contribution in [0.2, 0.25) is 5.02 Å². The van der Waals surface area contributed by atoms with Gasteiger partial charge in [-0.15, -0.1) is 0 Å². The topological polar surface area (TPSA) is 22.7 Å². The molecule has 5 heteroatoms. The number of rotatable bonds is 0. The first-order chi connectivity index (χ1) is 11.6. The van der Waals surface area contributed by atoms with E-state index in [1.165, 1.54) is 22.4 Å². The Hall–Kier alpha value is -1.91. The van der Waals surface area contributed by atoms with Crippen LogP contribution < -0.4 is 4.57 Å². The van der Waals surface area contributed by atoms with Gasteiger partial charge in [-0.1, -0.05) is 17.7 Å². The molecule has 2 aliphatic rings. The summed E-state index contributed by atoms with van der Waals surface area (Å²) in [5, 5.41) is 0.772. The average molecular weight is 342 g/mol. The zero-order chi connectivity index (χ0) is 16.7. The number of halogens is 1. The first-order valence-corrected chi connectivity index (χ1v) is 8.77. The fourth-order valence-electron chi connectivity index (χ4n) is 3.57. The van der Waals surface area contributed by atoms with Gasteiger partial charge in [-0.2, -0.15) is 4.57 Å². The second-order valence-electron chi connectivity index (χ2n) is 6.61. The minimum Gasteiger partial charge on any atom is -0.349 e. The molecule has 0 aliphatic carbocycles. The Balaban J connectivity index is 1.86. The lowest BCUT2D eigenvalue weighted by atomic mass is 9.98. The number of aliphatic imine (C=N–C) groups is 1. The van der Waals surface area contributed by atoms with Crippen LogP contribution in [-0.4, -0.2) is 48.9 Å². The number of nitrogens with zero attached hydrogens (tertiary/aromatic N) is 4. The quantitative estimate of drug-likeness (QED) is 0.686. The third-order valence-electron chi connectivity index (χ3n) is 4.95. The predicted molar refractivity (Wildman–Crippen MR) is 97.4 cm³/mol. The molecule has 4 rings (SSSR count). The molecule has 0 unspecified atom stereocenters. The summed E-state index contributed by atoms with van der Waals surface area (Å²) in [6, 6.07) is 10.4. The molecule has 1 fully saturated rings. The molecular formula is C19H22ClN4+. The van der Waals surface area contributed by atoms with Crippen molar-refractivity contribution in [3.63, 3.8) is 0 Å².